The first kappa shape index (κ1) is 22.4. The standard InChI is InChI=1S/C19H31FN4O3S/c1-3-21-19(22-11-12-28(25,26)24-14-16-5-4-6-16)23-13-15(2)27-18-9-7-17(20)8-10-18/h7-10,15-16,24H,3-6,11-14H2,1-2H3,(H2,21,22,23). The maximum atomic E-state index is 12.9. The first-order chi connectivity index (χ1) is 13.4. The molecule has 1 aliphatic carbocycles. The highest BCUT2D eigenvalue weighted by molar-refractivity contribution is 7.89. The minimum absolute atomic E-state index is 0.00817. The van der Waals surface area contributed by atoms with Gasteiger partial charge in [-0.25, -0.2) is 22.5 Å². The summed E-state index contributed by atoms with van der Waals surface area (Å²) in [4.78, 5) is 4.42. The Labute approximate surface area is 167 Å². The molecule has 1 aliphatic rings. The summed E-state index contributed by atoms with van der Waals surface area (Å²) in [7, 11) is -3.29. The monoisotopic (exact) mass is 414 g/mol. The zero-order valence-electron chi connectivity index (χ0n) is 16.6. The van der Waals surface area contributed by atoms with Gasteiger partial charge in [0.1, 0.15) is 17.7 Å². The van der Waals surface area contributed by atoms with Crippen molar-refractivity contribution in [3.05, 3.63) is 30.1 Å². The van der Waals surface area contributed by atoms with Crippen molar-refractivity contribution in [2.45, 2.75) is 39.2 Å². The van der Waals surface area contributed by atoms with Crippen LogP contribution in [-0.2, 0) is 10.0 Å². The van der Waals surface area contributed by atoms with Crippen LogP contribution >= 0.6 is 0 Å². The molecule has 1 atom stereocenters. The van der Waals surface area contributed by atoms with E-state index in [1.165, 1.54) is 18.6 Å². The van der Waals surface area contributed by atoms with E-state index in [-0.39, 0.29) is 24.2 Å². The fourth-order valence-corrected chi connectivity index (χ4v) is 3.67. The number of benzene rings is 1. The molecule has 3 N–H and O–H groups in total. The summed E-state index contributed by atoms with van der Waals surface area (Å²) in [6.07, 6.45) is 3.19. The Kier molecular flexibility index (Phi) is 8.98. The summed E-state index contributed by atoms with van der Waals surface area (Å²) >= 11 is 0. The normalized spacial score (nSPS) is 16.3. The number of nitrogens with one attached hydrogen (secondary N) is 3. The van der Waals surface area contributed by atoms with E-state index in [1.54, 1.807) is 12.1 Å². The van der Waals surface area contributed by atoms with Gasteiger partial charge < -0.3 is 15.4 Å². The van der Waals surface area contributed by atoms with Gasteiger partial charge in [0.15, 0.2) is 5.96 Å². The highest BCUT2D eigenvalue weighted by atomic mass is 32.2. The number of ether oxygens (including phenoxy) is 1. The van der Waals surface area contributed by atoms with Crippen molar-refractivity contribution in [2.24, 2.45) is 10.9 Å². The molecule has 0 amide bonds. The Morgan fingerprint density at radius 3 is 2.61 bits per heavy atom. The summed E-state index contributed by atoms with van der Waals surface area (Å²) < 4.78 is 45.4. The zero-order valence-corrected chi connectivity index (χ0v) is 17.4. The van der Waals surface area contributed by atoms with E-state index in [4.69, 9.17) is 4.74 Å². The van der Waals surface area contributed by atoms with Crippen molar-refractivity contribution in [1.82, 2.24) is 15.4 Å². The molecule has 0 saturated heterocycles. The zero-order chi connectivity index (χ0) is 20.4. The van der Waals surface area contributed by atoms with Crippen LogP contribution in [0.3, 0.4) is 0 Å². The van der Waals surface area contributed by atoms with E-state index in [1.807, 2.05) is 13.8 Å². The number of guanidine groups is 1. The summed E-state index contributed by atoms with van der Waals surface area (Å²) in [5.41, 5.74) is 0. The van der Waals surface area contributed by atoms with Crippen LogP contribution in [0.15, 0.2) is 29.3 Å². The molecule has 1 unspecified atom stereocenters. The van der Waals surface area contributed by atoms with Crippen LogP contribution in [0.5, 0.6) is 5.75 Å². The lowest BCUT2D eigenvalue weighted by molar-refractivity contribution is 0.230. The third-order valence-corrected chi connectivity index (χ3v) is 5.83. The van der Waals surface area contributed by atoms with E-state index in [0.29, 0.717) is 37.3 Å². The number of halogens is 1. The predicted molar refractivity (Wildman–Crippen MR) is 110 cm³/mol. The van der Waals surface area contributed by atoms with E-state index < -0.39 is 10.0 Å². The van der Waals surface area contributed by atoms with E-state index in [0.717, 1.165) is 12.8 Å². The number of rotatable bonds is 11. The first-order valence-electron chi connectivity index (χ1n) is 9.79. The van der Waals surface area contributed by atoms with Crippen LogP contribution in [0.2, 0.25) is 0 Å². The Morgan fingerprint density at radius 2 is 2.00 bits per heavy atom. The van der Waals surface area contributed by atoms with Gasteiger partial charge in [-0.2, -0.15) is 0 Å². The van der Waals surface area contributed by atoms with Crippen molar-refractivity contribution < 1.29 is 17.5 Å². The molecule has 158 valence electrons. The van der Waals surface area contributed by atoms with Gasteiger partial charge in [-0.15, -0.1) is 0 Å². The van der Waals surface area contributed by atoms with Crippen LogP contribution in [0, 0.1) is 11.7 Å². The third kappa shape index (κ3) is 8.43. The predicted octanol–water partition coefficient (Wildman–Crippen LogP) is 1.87. The number of aliphatic imine (C=N–C) groups is 1. The highest BCUT2D eigenvalue weighted by Crippen LogP contribution is 2.25. The van der Waals surface area contributed by atoms with Crippen molar-refractivity contribution in [2.75, 3.05) is 31.9 Å². The second-order valence-electron chi connectivity index (χ2n) is 6.99. The Morgan fingerprint density at radius 1 is 1.29 bits per heavy atom. The summed E-state index contributed by atoms with van der Waals surface area (Å²) in [5, 5.41) is 6.12. The van der Waals surface area contributed by atoms with E-state index in [9.17, 15) is 12.8 Å². The molecule has 9 heteroatoms. The van der Waals surface area contributed by atoms with Crippen molar-refractivity contribution in [3.63, 3.8) is 0 Å². The first-order valence-corrected chi connectivity index (χ1v) is 11.4. The molecule has 0 bridgehead atoms. The molecule has 2 rings (SSSR count). The van der Waals surface area contributed by atoms with Gasteiger partial charge in [-0.05, 0) is 56.9 Å². The van der Waals surface area contributed by atoms with E-state index >= 15 is 0 Å². The van der Waals surface area contributed by atoms with Crippen molar-refractivity contribution in [1.29, 1.82) is 0 Å². The fraction of sp³-hybridized carbons (Fsp3) is 0.632. The Bertz CT molecular complexity index is 721. The molecule has 0 aromatic heterocycles. The van der Waals surface area contributed by atoms with Crippen LogP contribution in [0.25, 0.3) is 0 Å². The molecule has 0 spiro atoms. The molecule has 7 nitrogen and oxygen atoms in total. The van der Waals surface area contributed by atoms with Gasteiger partial charge in [0.2, 0.25) is 10.0 Å². The van der Waals surface area contributed by atoms with Gasteiger partial charge in [-0.3, -0.25) is 0 Å². The number of nitrogens with zero attached hydrogens (tertiary/aromatic N) is 1. The lowest BCUT2D eigenvalue weighted by Gasteiger charge is -2.25. The van der Waals surface area contributed by atoms with Gasteiger partial charge in [0.25, 0.3) is 0 Å². The van der Waals surface area contributed by atoms with Gasteiger partial charge in [0, 0.05) is 19.6 Å². The lowest BCUT2D eigenvalue weighted by Crippen LogP contribution is -2.42. The maximum Gasteiger partial charge on any atom is 0.213 e. The van der Waals surface area contributed by atoms with Crippen LogP contribution in [0.4, 0.5) is 4.39 Å². The molecule has 1 aromatic carbocycles. The maximum absolute atomic E-state index is 12.9. The average Bonchev–Trinajstić information content (AvgIpc) is 2.60. The quantitative estimate of drug-likeness (QED) is 0.380. The number of hydrogen-bond acceptors (Lipinski definition) is 4. The molecule has 28 heavy (non-hydrogen) atoms. The van der Waals surface area contributed by atoms with E-state index in [2.05, 4.69) is 20.3 Å². The topological polar surface area (TPSA) is 91.8 Å². The minimum atomic E-state index is -3.29. The third-order valence-electron chi connectivity index (χ3n) is 4.48. The molecule has 1 fully saturated rings. The molecule has 1 aromatic rings. The molecule has 0 heterocycles. The van der Waals surface area contributed by atoms with Crippen LogP contribution in [-0.4, -0.2) is 52.4 Å². The Balaban J connectivity index is 1.74. The molecule has 0 aliphatic heterocycles. The summed E-state index contributed by atoms with van der Waals surface area (Å²) in [5.74, 6) is 1.28. The summed E-state index contributed by atoms with van der Waals surface area (Å²) in [6.45, 7) is 5.64. The number of hydrogen-bond donors (Lipinski definition) is 3. The fourth-order valence-electron chi connectivity index (χ4n) is 2.66. The van der Waals surface area contributed by atoms with Crippen LogP contribution < -0.4 is 20.1 Å². The van der Waals surface area contributed by atoms with Crippen LogP contribution in [0.1, 0.15) is 33.1 Å². The Hall–Kier alpha value is -1.87. The molecular weight excluding hydrogens is 383 g/mol. The highest BCUT2D eigenvalue weighted by Gasteiger charge is 2.20. The molecule has 1 saturated carbocycles. The minimum Gasteiger partial charge on any atom is -0.489 e. The van der Waals surface area contributed by atoms with Crippen molar-refractivity contribution >= 4 is 16.0 Å². The van der Waals surface area contributed by atoms with Gasteiger partial charge >= 0.3 is 0 Å². The lowest BCUT2D eigenvalue weighted by atomic mass is 9.86. The van der Waals surface area contributed by atoms with Gasteiger partial charge in [-0.1, -0.05) is 6.42 Å². The smallest absolute Gasteiger partial charge is 0.213 e. The molecule has 0 radical (unpaired) electrons. The SMILES string of the molecule is CCNC(=NCC(C)Oc1ccc(F)cc1)NCCS(=O)(=O)NCC1CCC1. The average molecular weight is 415 g/mol. The number of sulfonamides is 1. The largest absolute Gasteiger partial charge is 0.489 e. The summed E-state index contributed by atoms with van der Waals surface area (Å²) in [6, 6.07) is 5.83. The second-order valence-corrected chi connectivity index (χ2v) is 8.92. The van der Waals surface area contributed by atoms with Crippen molar-refractivity contribution in [3.8, 4) is 5.75 Å². The second kappa shape index (κ2) is 11.2. The molecular formula is C19H31FN4O3S. The van der Waals surface area contributed by atoms with Gasteiger partial charge in [0.05, 0.1) is 12.3 Å².